The molecule has 0 aromatic carbocycles. The van der Waals surface area contributed by atoms with Gasteiger partial charge in [-0.25, -0.2) is 0 Å². The molecule has 0 saturated heterocycles. The molecule has 0 aliphatic rings. The first kappa shape index (κ1) is 13.5. The number of nitrogens with zero attached hydrogens (tertiary/aromatic N) is 3. The zero-order valence-corrected chi connectivity index (χ0v) is 10.5. The number of amides is 1. The molecular formula is C12H12N4O4. The maximum absolute atomic E-state index is 11.6. The number of hydrogen-bond donors (Lipinski definition) is 1. The summed E-state index contributed by atoms with van der Waals surface area (Å²) in [7, 11) is 0. The molecule has 0 radical (unpaired) electrons. The highest BCUT2D eigenvalue weighted by Gasteiger charge is 2.13. The minimum absolute atomic E-state index is 0.0968. The average molecular weight is 276 g/mol. The van der Waals surface area contributed by atoms with Gasteiger partial charge in [-0.15, -0.1) is 6.58 Å². The number of aromatic nitrogens is 2. The Kier molecular flexibility index (Phi) is 3.94. The molecule has 0 fully saturated rings. The molecule has 8 nitrogen and oxygen atoms in total. The van der Waals surface area contributed by atoms with Crippen LogP contribution in [0.2, 0.25) is 0 Å². The summed E-state index contributed by atoms with van der Waals surface area (Å²) in [5, 5.41) is 16.9. The van der Waals surface area contributed by atoms with Crippen molar-refractivity contribution in [3.05, 3.63) is 58.8 Å². The Balaban J connectivity index is 2.03. The highest BCUT2D eigenvalue weighted by Crippen LogP contribution is 2.12. The van der Waals surface area contributed by atoms with Gasteiger partial charge in [-0.05, 0) is 12.1 Å². The van der Waals surface area contributed by atoms with E-state index in [1.165, 1.54) is 16.9 Å². The second kappa shape index (κ2) is 5.83. The molecule has 0 bridgehead atoms. The molecule has 2 aromatic rings. The lowest BCUT2D eigenvalue weighted by atomic mass is 10.4. The summed E-state index contributed by atoms with van der Waals surface area (Å²) in [5.41, 5.74) is -0.0968. The van der Waals surface area contributed by atoms with Gasteiger partial charge in [-0.1, -0.05) is 6.08 Å². The van der Waals surface area contributed by atoms with Crippen molar-refractivity contribution in [2.45, 2.75) is 6.54 Å². The number of rotatable bonds is 6. The smallest absolute Gasteiger partial charge is 0.307 e. The molecule has 0 atom stereocenters. The van der Waals surface area contributed by atoms with Crippen molar-refractivity contribution in [2.24, 2.45) is 0 Å². The van der Waals surface area contributed by atoms with E-state index in [-0.39, 0.29) is 23.9 Å². The third kappa shape index (κ3) is 3.10. The van der Waals surface area contributed by atoms with Crippen molar-refractivity contribution in [3.8, 4) is 0 Å². The molecular weight excluding hydrogens is 264 g/mol. The van der Waals surface area contributed by atoms with Crippen LogP contribution < -0.4 is 5.32 Å². The molecule has 2 rings (SSSR count). The Morgan fingerprint density at radius 1 is 1.60 bits per heavy atom. The van der Waals surface area contributed by atoms with Gasteiger partial charge in [-0.3, -0.25) is 19.6 Å². The van der Waals surface area contributed by atoms with Gasteiger partial charge in [0, 0.05) is 6.54 Å². The van der Waals surface area contributed by atoms with Crippen LogP contribution in [-0.4, -0.2) is 27.2 Å². The second-order valence-electron chi connectivity index (χ2n) is 3.92. The third-order valence-corrected chi connectivity index (χ3v) is 2.44. The summed E-state index contributed by atoms with van der Waals surface area (Å²) < 4.78 is 6.70. The minimum atomic E-state index is -0.528. The SMILES string of the molecule is C=CCNC(=O)c1ccc(Cn2cc([N+](=O)[O-])cn2)o1. The van der Waals surface area contributed by atoms with Crippen molar-refractivity contribution in [2.75, 3.05) is 6.54 Å². The zero-order valence-electron chi connectivity index (χ0n) is 10.5. The van der Waals surface area contributed by atoms with Crippen LogP contribution in [0.25, 0.3) is 0 Å². The van der Waals surface area contributed by atoms with Crippen molar-refractivity contribution in [1.82, 2.24) is 15.1 Å². The van der Waals surface area contributed by atoms with Crippen LogP contribution in [0, 0.1) is 10.1 Å². The Bertz CT molecular complexity index is 643. The summed E-state index contributed by atoms with van der Waals surface area (Å²) in [5.74, 6) is 0.304. The largest absolute Gasteiger partial charge is 0.454 e. The normalized spacial score (nSPS) is 10.2. The molecule has 0 unspecified atom stereocenters. The minimum Gasteiger partial charge on any atom is -0.454 e. The van der Waals surface area contributed by atoms with E-state index in [4.69, 9.17) is 4.42 Å². The van der Waals surface area contributed by atoms with E-state index < -0.39 is 4.92 Å². The predicted octanol–water partition coefficient (Wildman–Crippen LogP) is 1.35. The molecule has 0 spiro atoms. The summed E-state index contributed by atoms with van der Waals surface area (Å²) >= 11 is 0. The predicted molar refractivity (Wildman–Crippen MR) is 69.2 cm³/mol. The number of hydrogen-bond acceptors (Lipinski definition) is 5. The van der Waals surface area contributed by atoms with E-state index >= 15 is 0 Å². The highest BCUT2D eigenvalue weighted by molar-refractivity contribution is 5.91. The second-order valence-corrected chi connectivity index (χ2v) is 3.92. The van der Waals surface area contributed by atoms with Crippen LogP contribution in [-0.2, 0) is 6.54 Å². The lowest BCUT2D eigenvalue weighted by Crippen LogP contribution is -2.22. The molecule has 104 valence electrons. The molecule has 0 aliphatic carbocycles. The van der Waals surface area contributed by atoms with E-state index in [0.717, 1.165) is 6.20 Å². The summed E-state index contributed by atoms with van der Waals surface area (Å²) in [6.07, 6.45) is 4.01. The third-order valence-electron chi connectivity index (χ3n) is 2.44. The highest BCUT2D eigenvalue weighted by atomic mass is 16.6. The van der Waals surface area contributed by atoms with Gasteiger partial charge in [0.15, 0.2) is 5.76 Å². The Labute approximate surface area is 113 Å². The number of nitrogens with one attached hydrogen (secondary N) is 1. The van der Waals surface area contributed by atoms with Gasteiger partial charge < -0.3 is 9.73 Å². The number of carbonyl (C=O) groups excluding carboxylic acids is 1. The molecule has 20 heavy (non-hydrogen) atoms. The number of nitro groups is 1. The van der Waals surface area contributed by atoms with Gasteiger partial charge >= 0.3 is 5.69 Å². The van der Waals surface area contributed by atoms with Crippen LogP contribution in [0.5, 0.6) is 0 Å². The van der Waals surface area contributed by atoms with E-state index in [2.05, 4.69) is 17.0 Å². The topological polar surface area (TPSA) is 103 Å². The first-order valence-corrected chi connectivity index (χ1v) is 5.75. The van der Waals surface area contributed by atoms with Crippen molar-refractivity contribution in [1.29, 1.82) is 0 Å². The maximum Gasteiger partial charge on any atom is 0.307 e. The molecule has 2 aromatic heterocycles. The van der Waals surface area contributed by atoms with Gasteiger partial charge in [0.2, 0.25) is 0 Å². The Morgan fingerprint density at radius 2 is 2.40 bits per heavy atom. The Hall–Kier alpha value is -2.90. The van der Waals surface area contributed by atoms with E-state index in [1.54, 1.807) is 12.1 Å². The van der Waals surface area contributed by atoms with Crippen molar-refractivity contribution >= 4 is 11.6 Å². The standard InChI is InChI=1S/C12H12N4O4/c1-2-5-13-12(17)11-4-3-10(20-11)8-15-7-9(6-14-15)16(18)19/h2-4,6-7H,1,5,8H2,(H,13,17). The van der Waals surface area contributed by atoms with E-state index in [0.29, 0.717) is 12.3 Å². The van der Waals surface area contributed by atoms with Crippen LogP contribution in [0.4, 0.5) is 5.69 Å². The van der Waals surface area contributed by atoms with Gasteiger partial charge in [0.1, 0.15) is 18.2 Å². The average Bonchev–Trinajstić information content (AvgIpc) is 3.05. The first-order valence-electron chi connectivity index (χ1n) is 5.75. The summed E-state index contributed by atoms with van der Waals surface area (Å²) in [4.78, 5) is 21.6. The summed E-state index contributed by atoms with van der Waals surface area (Å²) in [6, 6.07) is 3.15. The van der Waals surface area contributed by atoms with Crippen LogP contribution in [0.15, 0.2) is 41.6 Å². The fourth-order valence-electron chi connectivity index (χ4n) is 1.53. The quantitative estimate of drug-likeness (QED) is 0.487. The Morgan fingerprint density at radius 3 is 3.05 bits per heavy atom. The monoisotopic (exact) mass is 276 g/mol. The van der Waals surface area contributed by atoms with Crippen LogP contribution in [0.1, 0.15) is 16.3 Å². The number of carbonyl (C=O) groups is 1. The molecule has 8 heteroatoms. The fraction of sp³-hybridized carbons (Fsp3) is 0.167. The molecule has 1 amide bonds. The van der Waals surface area contributed by atoms with E-state index in [1.807, 2.05) is 0 Å². The maximum atomic E-state index is 11.6. The van der Waals surface area contributed by atoms with Gasteiger partial charge in [0.05, 0.1) is 11.5 Å². The van der Waals surface area contributed by atoms with Gasteiger partial charge in [0.25, 0.3) is 5.91 Å². The van der Waals surface area contributed by atoms with Crippen molar-refractivity contribution in [3.63, 3.8) is 0 Å². The van der Waals surface area contributed by atoms with Gasteiger partial charge in [-0.2, -0.15) is 5.10 Å². The zero-order chi connectivity index (χ0) is 14.5. The lowest BCUT2D eigenvalue weighted by Gasteiger charge is -1.99. The molecule has 0 aliphatic heterocycles. The molecule has 1 N–H and O–H groups in total. The fourth-order valence-corrected chi connectivity index (χ4v) is 1.53. The first-order chi connectivity index (χ1) is 9.60. The molecule has 2 heterocycles. The van der Waals surface area contributed by atoms with E-state index in [9.17, 15) is 14.9 Å². The summed E-state index contributed by atoms with van der Waals surface area (Å²) in [6.45, 7) is 4.05. The van der Waals surface area contributed by atoms with Crippen LogP contribution in [0.3, 0.4) is 0 Å². The van der Waals surface area contributed by atoms with Crippen LogP contribution >= 0.6 is 0 Å². The number of furan rings is 1. The lowest BCUT2D eigenvalue weighted by molar-refractivity contribution is -0.385. The van der Waals surface area contributed by atoms with Crippen molar-refractivity contribution < 1.29 is 14.1 Å². The molecule has 0 saturated carbocycles.